The average molecular weight is 281 g/mol. The second-order valence-corrected chi connectivity index (χ2v) is 3.66. The van der Waals surface area contributed by atoms with E-state index in [9.17, 15) is 14.4 Å². The fourth-order valence-electron chi connectivity index (χ4n) is 1.25. The molecule has 0 aliphatic heterocycles. The van der Waals surface area contributed by atoms with Crippen LogP contribution >= 0.6 is 0 Å². The maximum Gasteiger partial charge on any atom is 0.341 e. The van der Waals surface area contributed by atoms with E-state index in [1.165, 1.54) is 13.1 Å². The first-order valence-electron chi connectivity index (χ1n) is 5.72. The summed E-state index contributed by atoms with van der Waals surface area (Å²) >= 11 is 0. The summed E-state index contributed by atoms with van der Waals surface area (Å²) in [5.41, 5.74) is 0.308. The van der Waals surface area contributed by atoms with Crippen molar-refractivity contribution in [2.75, 3.05) is 25.5 Å². The van der Waals surface area contributed by atoms with Gasteiger partial charge >= 0.3 is 12.0 Å². The van der Waals surface area contributed by atoms with Gasteiger partial charge in [0.25, 0.3) is 0 Å². The van der Waals surface area contributed by atoms with Crippen LogP contribution in [0.2, 0.25) is 0 Å². The van der Waals surface area contributed by atoms with Crippen molar-refractivity contribution in [2.24, 2.45) is 0 Å². The predicted octanol–water partition coefficient (Wildman–Crippen LogP) is 0.0175. The Morgan fingerprint density at radius 2 is 1.95 bits per heavy atom. The number of para-hydroxylation sites is 2. The third-order valence-electron chi connectivity index (χ3n) is 2.17. The molecule has 4 N–H and O–H groups in total. The van der Waals surface area contributed by atoms with Gasteiger partial charge in [-0.15, -0.1) is 0 Å². The highest BCUT2D eigenvalue weighted by Crippen LogP contribution is 2.23. The number of hydrogen-bond acceptors (Lipinski definition) is 4. The molecule has 0 saturated carbocycles. The van der Waals surface area contributed by atoms with E-state index in [4.69, 9.17) is 9.84 Å². The molecule has 1 aromatic carbocycles. The second-order valence-electron chi connectivity index (χ2n) is 3.66. The molecule has 3 amide bonds. The molecule has 0 heterocycles. The van der Waals surface area contributed by atoms with Crippen molar-refractivity contribution < 1.29 is 24.2 Å². The first-order chi connectivity index (χ1) is 9.52. The number of carbonyl (C=O) groups excluding carboxylic acids is 2. The number of urea groups is 1. The molecule has 0 fully saturated rings. The lowest BCUT2D eigenvalue weighted by Gasteiger charge is -2.11. The molecule has 0 radical (unpaired) electrons. The molecule has 20 heavy (non-hydrogen) atoms. The summed E-state index contributed by atoms with van der Waals surface area (Å²) < 4.78 is 5.02. The zero-order chi connectivity index (χ0) is 15.0. The zero-order valence-corrected chi connectivity index (χ0v) is 10.8. The second kappa shape index (κ2) is 7.62. The molecule has 0 spiro atoms. The number of carboxylic acids is 1. The molecule has 0 unspecified atom stereocenters. The van der Waals surface area contributed by atoms with E-state index in [1.807, 2.05) is 0 Å². The molecule has 0 aliphatic rings. The molecule has 0 aliphatic carbocycles. The van der Waals surface area contributed by atoms with Crippen LogP contribution in [0.25, 0.3) is 0 Å². The van der Waals surface area contributed by atoms with Gasteiger partial charge in [-0.3, -0.25) is 4.79 Å². The van der Waals surface area contributed by atoms with Crippen LogP contribution in [0.5, 0.6) is 5.75 Å². The molecule has 0 saturated heterocycles. The molecule has 0 bridgehead atoms. The Balaban J connectivity index is 2.60. The number of carboxylic acid groups (broad SMARTS) is 1. The van der Waals surface area contributed by atoms with Crippen LogP contribution in [-0.2, 0) is 9.59 Å². The van der Waals surface area contributed by atoms with Crippen LogP contribution in [0.4, 0.5) is 10.5 Å². The monoisotopic (exact) mass is 281 g/mol. The Hall–Kier alpha value is -2.77. The summed E-state index contributed by atoms with van der Waals surface area (Å²) in [4.78, 5) is 33.0. The molecule has 1 aromatic rings. The van der Waals surface area contributed by atoms with Crippen LogP contribution < -0.4 is 20.7 Å². The van der Waals surface area contributed by atoms with Gasteiger partial charge in [0.1, 0.15) is 5.75 Å². The van der Waals surface area contributed by atoms with E-state index in [1.54, 1.807) is 18.2 Å². The summed E-state index contributed by atoms with van der Waals surface area (Å²) in [6, 6.07) is 5.78. The highest BCUT2D eigenvalue weighted by molar-refractivity contribution is 5.93. The summed E-state index contributed by atoms with van der Waals surface area (Å²) in [7, 11) is 1.46. The van der Waals surface area contributed by atoms with Crippen molar-refractivity contribution in [2.45, 2.75) is 0 Å². The lowest BCUT2D eigenvalue weighted by atomic mass is 10.3. The first-order valence-corrected chi connectivity index (χ1v) is 5.72. The zero-order valence-electron chi connectivity index (χ0n) is 10.8. The SMILES string of the molecule is CNC(=O)CNC(=O)Nc1ccccc1OCC(=O)O. The maximum atomic E-state index is 11.5. The number of aliphatic carboxylic acids is 1. The molecule has 8 heteroatoms. The minimum Gasteiger partial charge on any atom is -0.480 e. The molecular formula is C12H15N3O5. The number of anilines is 1. The lowest BCUT2D eigenvalue weighted by molar-refractivity contribution is -0.139. The van der Waals surface area contributed by atoms with Crippen molar-refractivity contribution in [3.63, 3.8) is 0 Å². The van der Waals surface area contributed by atoms with Gasteiger partial charge < -0.3 is 25.8 Å². The number of benzene rings is 1. The van der Waals surface area contributed by atoms with Gasteiger partial charge in [-0.05, 0) is 12.1 Å². The highest BCUT2D eigenvalue weighted by atomic mass is 16.5. The van der Waals surface area contributed by atoms with Crippen LogP contribution in [0, 0.1) is 0 Å². The molecular weight excluding hydrogens is 266 g/mol. The Morgan fingerprint density at radius 1 is 1.25 bits per heavy atom. The van der Waals surface area contributed by atoms with Crippen molar-refractivity contribution >= 4 is 23.6 Å². The Bertz CT molecular complexity index is 504. The number of nitrogens with one attached hydrogen (secondary N) is 3. The van der Waals surface area contributed by atoms with Gasteiger partial charge in [0.2, 0.25) is 5.91 Å². The van der Waals surface area contributed by atoms with Crippen molar-refractivity contribution in [1.29, 1.82) is 0 Å². The van der Waals surface area contributed by atoms with Crippen LogP contribution in [-0.4, -0.2) is 43.2 Å². The minimum absolute atomic E-state index is 0.166. The number of amides is 3. The first kappa shape index (κ1) is 15.3. The van der Waals surface area contributed by atoms with Crippen LogP contribution in [0.1, 0.15) is 0 Å². The quantitative estimate of drug-likeness (QED) is 0.586. The van der Waals surface area contributed by atoms with Crippen LogP contribution in [0.15, 0.2) is 24.3 Å². The van der Waals surface area contributed by atoms with E-state index in [0.29, 0.717) is 5.69 Å². The third kappa shape index (κ3) is 5.25. The molecule has 108 valence electrons. The minimum atomic E-state index is -1.12. The summed E-state index contributed by atoms with van der Waals surface area (Å²) in [5, 5.41) is 15.7. The fraction of sp³-hybridized carbons (Fsp3) is 0.250. The third-order valence-corrected chi connectivity index (χ3v) is 2.17. The maximum absolute atomic E-state index is 11.5. The van der Waals surface area contributed by atoms with Crippen molar-refractivity contribution in [1.82, 2.24) is 10.6 Å². The van der Waals surface area contributed by atoms with Gasteiger partial charge in [0.05, 0.1) is 12.2 Å². The molecule has 0 atom stereocenters. The van der Waals surface area contributed by atoms with Crippen molar-refractivity contribution in [3.05, 3.63) is 24.3 Å². The van der Waals surface area contributed by atoms with Gasteiger partial charge in [-0.25, -0.2) is 9.59 Å². The number of likely N-dealkylation sites (N-methyl/N-ethyl adjacent to an activating group) is 1. The smallest absolute Gasteiger partial charge is 0.341 e. The van der Waals surface area contributed by atoms with E-state index in [0.717, 1.165) is 0 Å². The molecule has 0 aromatic heterocycles. The lowest BCUT2D eigenvalue weighted by Crippen LogP contribution is -2.37. The Morgan fingerprint density at radius 3 is 2.60 bits per heavy atom. The van der Waals surface area contributed by atoms with Gasteiger partial charge in [-0.1, -0.05) is 12.1 Å². The van der Waals surface area contributed by atoms with Crippen molar-refractivity contribution in [3.8, 4) is 5.75 Å². The largest absolute Gasteiger partial charge is 0.480 e. The number of rotatable bonds is 6. The van der Waals surface area contributed by atoms with E-state index in [-0.39, 0.29) is 18.2 Å². The van der Waals surface area contributed by atoms with Crippen LogP contribution in [0.3, 0.4) is 0 Å². The standard InChI is InChI=1S/C12H15N3O5/c1-13-10(16)6-14-12(19)15-8-4-2-3-5-9(8)20-7-11(17)18/h2-5H,6-7H2,1H3,(H,13,16)(H,17,18)(H2,14,15,19). The number of carbonyl (C=O) groups is 3. The topological polar surface area (TPSA) is 117 Å². The normalized spacial score (nSPS) is 9.45. The predicted molar refractivity (Wildman–Crippen MR) is 70.7 cm³/mol. The Labute approximate surface area is 115 Å². The fourth-order valence-corrected chi connectivity index (χ4v) is 1.25. The summed E-state index contributed by atoms with van der Waals surface area (Å²) in [6.45, 7) is -0.682. The summed E-state index contributed by atoms with van der Waals surface area (Å²) in [6.07, 6.45) is 0. The van der Waals surface area contributed by atoms with E-state index < -0.39 is 18.6 Å². The van der Waals surface area contributed by atoms with E-state index in [2.05, 4.69) is 16.0 Å². The Kier molecular flexibility index (Phi) is 5.82. The van der Waals surface area contributed by atoms with Gasteiger partial charge in [0, 0.05) is 7.05 Å². The van der Waals surface area contributed by atoms with E-state index >= 15 is 0 Å². The number of hydrogen-bond donors (Lipinski definition) is 4. The van der Waals surface area contributed by atoms with Gasteiger partial charge in [0.15, 0.2) is 6.61 Å². The average Bonchev–Trinajstić information content (AvgIpc) is 2.43. The molecule has 1 rings (SSSR count). The highest BCUT2D eigenvalue weighted by Gasteiger charge is 2.09. The van der Waals surface area contributed by atoms with Gasteiger partial charge in [-0.2, -0.15) is 0 Å². The number of ether oxygens (including phenoxy) is 1. The molecule has 8 nitrogen and oxygen atoms in total. The summed E-state index contributed by atoms with van der Waals surface area (Å²) in [5.74, 6) is -1.23.